The molecule has 0 atom stereocenters. The monoisotopic (exact) mass is 400 g/mol. The molecule has 0 unspecified atom stereocenters. The summed E-state index contributed by atoms with van der Waals surface area (Å²) in [5.74, 6) is -2.53. The Hall–Kier alpha value is -2.41. The number of hydrogen-bond donors (Lipinski definition) is 1. The molecule has 0 bridgehead atoms. The van der Waals surface area contributed by atoms with Crippen LogP contribution in [0.2, 0.25) is 0 Å². The van der Waals surface area contributed by atoms with Gasteiger partial charge in [0.1, 0.15) is 0 Å². The van der Waals surface area contributed by atoms with Crippen molar-refractivity contribution in [3.63, 3.8) is 0 Å². The molecule has 1 N–H and O–H groups in total. The van der Waals surface area contributed by atoms with E-state index >= 15 is 0 Å². The van der Waals surface area contributed by atoms with E-state index in [0.29, 0.717) is 19.4 Å². The zero-order chi connectivity index (χ0) is 19.8. The van der Waals surface area contributed by atoms with Gasteiger partial charge in [0.15, 0.2) is 0 Å². The SMILES string of the molecule is FC1(F)CCC(n2nc(-c3ccc(N4CCOCC4)cc3)c3c2C=CNC3)CC1. The fourth-order valence-electron chi connectivity index (χ4n) is 4.56. The maximum absolute atomic E-state index is 13.6. The van der Waals surface area contributed by atoms with Crippen LogP contribution >= 0.6 is 0 Å². The van der Waals surface area contributed by atoms with Crippen LogP contribution in [0.15, 0.2) is 30.5 Å². The van der Waals surface area contributed by atoms with Crippen molar-refractivity contribution in [2.75, 3.05) is 31.2 Å². The molecule has 0 spiro atoms. The van der Waals surface area contributed by atoms with Gasteiger partial charge in [-0.05, 0) is 37.3 Å². The van der Waals surface area contributed by atoms with Crippen LogP contribution in [0.25, 0.3) is 17.3 Å². The topological polar surface area (TPSA) is 42.3 Å². The Bertz CT molecular complexity index is 890. The second-order valence-electron chi connectivity index (χ2n) is 8.10. The number of nitrogens with zero attached hydrogens (tertiary/aromatic N) is 3. The van der Waals surface area contributed by atoms with Gasteiger partial charge in [-0.1, -0.05) is 12.1 Å². The van der Waals surface area contributed by atoms with Crippen LogP contribution in [-0.2, 0) is 11.3 Å². The van der Waals surface area contributed by atoms with Gasteiger partial charge in [-0.3, -0.25) is 4.68 Å². The fourth-order valence-corrected chi connectivity index (χ4v) is 4.56. The lowest BCUT2D eigenvalue weighted by Crippen LogP contribution is -2.36. The number of ether oxygens (including phenoxy) is 1. The van der Waals surface area contributed by atoms with E-state index in [0.717, 1.165) is 48.8 Å². The minimum atomic E-state index is -2.53. The number of fused-ring (bicyclic) bond motifs is 1. The molecule has 2 fully saturated rings. The van der Waals surface area contributed by atoms with E-state index in [1.165, 1.54) is 5.69 Å². The normalized spacial score (nSPS) is 21.7. The molecule has 1 aromatic heterocycles. The standard InChI is InChI=1S/C22H26F2N4O/c23-22(24)8-5-18(6-9-22)28-20-7-10-25-15-19(20)21(26-28)16-1-3-17(4-2-16)27-11-13-29-14-12-27/h1-4,7,10,18,25H,5-6,8-9,11-15H2. The molecule has 2 aromatic rings. The van der Waals surface area contributed by atoms with Crippen LogP contribution in [0.3, 0.4) is 0 Å². The third-order valence-electron chi connectivity index (χ3n) is 6.24. The van der Waals surface area contributed by atoms with Crippen molar-refractivity contribution in [2.24, 2.45) is 0 Å². The molecule has 1 saturated heterocycles. The second kappa shape index (κ2) is 7.44. The third kappa shape index (κ3) is 3.64. The average Bonchev–Trinajstić information content (AvgIpc) is 3.14. The first kappa shape index (κ1) is 18.6. The van der Waals surface area contributed by atoms with E-state index in [1.54, 1.807) is 0 Å². The van der Waals surface area contributed by atoms with E-state index in [-0.39, 0.29) is 18.9 Å². The Morgan fingerprint density at radius 2 is 1.79 bits per heavy atom. The molecular weight excluding hydrogens is 374 g/mol. The number of rotatable bonds is 3. The van der Waals surface area contributed by atoms with Crippen molar-refractivity contribution in [1.82, 2.24) is 15.1 Å². The molecule has 7 heteroatoms. The average molecular weight is 400 g/mol. The lowest BCUT2D eigenvalue weighted by Gasteiger charge is -2.29. The van der Waals surface area contributed by atoms with E-state index < -0.39 is 5.92 Å². The summed E-state index contributed by atoms with van der Waals surface area (Å²) < 4.78 is 34.7. The summed E-state index contributed by atoms with van der Waals surface area (Å²) in [4.78, 5) is 2.33. The molecule has 3 aliphatic rings. The summed E-state index contributed by atoms with van der Waals surface area (Å²) in [5.41, 5.74) is 5.39. The second-order valence-corrected chi connectivity index (χ2v) is 8.10. The molecule has 3 heterocycles. The van der Waals surface area contributed by atoms with Gasteiger partial charge >= 0.3 is 0 Å². The minimum Gasteiger partial charge on any atom is -0.387 e. The zero-order valence-corrected chi connectivity index (χ0v) is 16.4. The summed E-state index contributed by atoms with van der Waals surface area (Å²) in [6.45, 7) is 4.04. The van der Waals surface area contributed by atoms with E-state index in [4.69, 9.17) is 9.84 Å². The van der Waals surface area contributed by atoms with Crippen molar-refractivity contribution < 1.29 is 13.5 Å². The molecule has 5 nitrogen and oxygen atoms in total. The molecule has 1 aromatic carbocycles. The zero-order valence-electron chi connectivity index (χ0n) is 16.4. The minimum absolute atomic E-state index is 0.0347. The number of halogens is 2. The van der Waals surface area contributed by atoms with Crippen LogP contribution in [0.4, 0.5) is 14.5 Å². The first-order valence-electron chi connectivity index (χ1n) is 10.4. The molecule has 1 aliphatic carbocycles. The van der Waals surface area contributed by atoms with Crippen LogP contribution in [0, 0.1) is 0 Å². The third-order valence-corrected chi connectivity index (χ3v) is 6.24. The van der Waals surface area contributed by atoms with E-state index in [9.17, 15) is 8.78 Å². The van der Waals surface area contributed by atoms with Gasteiger partial charge in [-0.2, -0.15) is 5.10 Å². The number of alkyl halides is 2. The highest BCUT2D eigenvalue weighted by Gasteiger charge is 2.37. The Morgan fingerprint density at radius 3 is 2.52 bits per heavy atom. The Kier molecular flexibility index (Phi) is 4.78. The summed E-state index contributed by atoms with van der Waals surface area (Å²) >= 11 is 0. The van der Waals surface area contributed by atoms with E-state index in [2.05, 4.69) is 34.5 Å². The van der Waals surface area contributed by atoms with Gasteiger partial charge in [0.05, 0.1) is 30.6 Å². The lowest BCUT2D eigenvalue weighted by molar-refractivity contribution is -0.0450. The molecule has 29 heavy (non-hydrogen) atoms. The molecule has 2 aliphatic heterocycles. The van der Waals surface area contributed by atoms with E-state index in [1.807, 2.05) is 17.0 Å². The van der Waals surface area contributed by atoms with Gasteiger partial charge in [0.2, 0.25) is 5.92 Å². The Morgan fingerprint density at radius 1 is 1.07 bits per heavy atom. The van der Waals surface area contributed by atoms with Crippen LogP contribution in [-0.4, -0.2) is 42.0 Å². The number of benzene rings is 1. The largest absolute Gasteiger partial charge is 0.387 e. The number of aromatic nitrogens is 2. The van der Waals surface area contributed by atoms with Crippen LogP contribution in [0.5, 0.6) is 0 Å². The molecule has 0 amide bonds. The molecule has 5 rings (SSSR count). The van der Waals surface area contributed by atoms with Gasteiger partial charge in [-0.25, -0.2) is 8.78 Å². The molecular formula is C22H26F2N4O. The molecule has 0 radical (unpaired) electrons. The number of morpholine rings is 1. The van der Waals surface area contributed by atoms with Crippen molar-refractivity contribution >= 4 is 11.8 Å². The first-order chi connectivity index (χ1) is 14.1. The fraction of sp³-hybridized carbons (Fsp3) is 0.500. The summed E-state index contributed by atoms with van der Waals surface area (Å²) in [5, 5.41) is 8.19. The predicted molar refractivity (Wildman–Crippen MR) is 109 cm³/mol. The number of anilines is 1. The lowest BCUT2D eigenvalue weighted by atomic mass is 9.92. The Labute approximate surface area is 169 Å². The molecule has 154 valence electrons. The van der Waals surface area contributed by atoms with Crippen molar-refractivity contribution in [1.29, 1.82) is 0 Å². The molecule has 1 saturated carbocycles. The van der Waals surface area contributed by atoms with Gasteiger partial charge in [0, 0.05) is 49.3 Å². The highest BCUT2D eigenvalue weighted by Crippen LogP contribution is 2.40. The van der Waals surface area contributed by atoms with Gasteiger partial charge < -0.3 is 15.0 Å². The summed E-state index contributed by atoms with van der Waals surface area (Å²) in [6.07, 6.45) is 4.76. The maximum atomic E-state index is 13.6. The highest BCUT2D eigenvalue weighted by atomic mass is 19.3. The van der Waals surface area contributed by atoms with Gasteiger partial charge in [-0.15, -0.1) is 0 Å². The summed E-state index contributed by atoms with van der Waals surface area (Å²) in [7, 11) is 0. The van der Waals surface area contributed by atoms with Crippen molar-refractivity contribution in [3.8, 4) is 11.3 Å². The quantitative estimate of drug-likeness (QED) is 0.838. The van der Waals surface area contributed by atoms with Gasteiger partial charge in [0.25, 0.3) is 0 Å². The summed E-state index contributed by atoms with van der Waals surface area (Å²) in [6, 6.07) is 8.54. The first-order valence-corrected chi connectivity index (χ1v) is 10.4. The maximum Gasteiger partial charge on any atom is 0.248 e. The van der Waals surface area contributed by atoms with Crippen LogP contribution < -0.4 is 10.2 Å². The smallest absolute Gasteiger partial charge is 0.248 e. The van der Waals surface area contributed by atoms with Crippen molar-refractivity contribution in [2.45, 2.75) is 44.2 Å². The Balaban J connectivity index is 1.44. The predicted octanol–water partition coefficient (Wildman–Crippen LogP) is 4.21. The van der Waals surface area contributed by atoms with Crippen molar-refractivity contribution in [3.05, 3.63) is 41.7 Å². The number of nitrogens with one attached hydrogen (secondary N) is 1. The van der Waals surface area contributed by atoms with Crippen LogP contribution in [0.1, 0.15) is 43.0 Å². The highest BCUT2D eigenvalue weighted by molar-refractivity contribution is 5.71. The number of hydrogen-bond acceptors (Lipinski definition) is 4.